The van der Waals surface area contributed by atoms with Crippen molar-refractivity contribution in [3.05, 3.63) is 34.6 Å². The van der Waals surface area contributed by atoms with Crippen molar-refractivity contribution in [3.63, 3.8) is 0 Å². The summed E-state index contributed by atoms with van der Waals surface area (Å²) in [4.78, 5) is 3.61. The molecule has 0 fully saturated rings. The number of halogens is 5. The van der Waals surface area contributed by atoms with Gasteiger partial charge in [0.25, 0.3) is 0 Å². The zero-order chi connectivity index (χ0) is 13.9. The number of aliphatic imine (C=N–C) groups is 1. The van der Waals surface area contributed by atoms with Gasteiger partial charge in [-0.2, -0.15) is 0 Å². The van der Waals surface area contributed by atoms with E-state index in [0.717, 1.165) is 0 Å². The van der Waals surface area contributed by atoms with Gasteiger partial charge in [0.1, 0.15) is 5.84 Å². The minimum atomic E-state index is -2.22. The van der Waals surface area contributed by atoms with Crippen LogP contribution >= 0.6 is 0 Å². The Hall–Kier alpha value is -1.70. The summed E-state index contributed by atoms with van der Waals surface area (Å²) in [5.41, 5.74) is 0.658. The van der Waals surface area contributed by atoms with Gasteiger partial charge in [0.05, 0.1) is 5.56 Å². The molecule has 0 saturated heterocycles. The maximum atomic E-state index is 13.4. The average Bonchev–Trinajstić information content (AvgIpc) is 2.38. The van der Waals surface area contributed by atoms with Gasteiger partial charge in [-0.1, -0.05) is 6.92 Å². The van der Waals surface area contributed by atoms with E-state index < -0.39 is 40.5 Å². The fourth-order valence-electron chi connectivity index (χ4n) is 1.23. The average molecular weight is 267 g/mol. The molecule has 3 nitrogen and oxygen atoms in total. The molecule has 0 radical (unpaired) electrons. The minimum absolute atomic E-state index is 0.124. The van der Waals surface area contributed by atoms with Crippen LogP contribution in [-0.2, 0) is 0 Å². The number of rotatable bonds is 3. The van der Waals surface area contributed by atoms with Crippen LogP contribution in [0.1, 0.15) is 18.9 Å². The molecule has 1 aromatic rings. The zero-order valence-corrected chi connectivity index (χ0v) is 9.33. The quantitative estimate of drug-likeness (QED) is 0.167. The smallest absolute Gasteiger partial charge is 0.200 e. The van der Waals surface area contributed by atoms with Gasteiger partial charge in [-0.25, -0.2) is 27.8 Å². The van der Waals surface area contributed by atoms with Gasteiger partial charge in [0.15, 0.2) is 23.3 Å². The molecule has 0 aromatic heterocycles. The molecule has 0 atom stereocenters. The van der Waals surface area contributed by atoms with Crippen molar-refractivity contribution in [2.24, 2.45) is 10.8 Å². The van der Waals surface area contributed by atoms with Crippen LogP contribution < -0.4 is 11.3 Å². The number of hydrogen-bond acceptors (Lipinski definition) is 2. The Morgan fingerprint density at radius 2 is 1.44 bits per heavy atom. The fraction of sp³-hybridized carbons (Fsp3) is 0.300. The maximum Gasteiger partial charge on any atom is 0.200 e. The topological polar surface area (TPSA) is 50.4 Å². The Morgan fingerprint density at radius 3 is 1.83 bits per heavy atom. The molecule has 100 valence electrons. The summed E-state index contributed by atoms with van der Waals surface area (Å²) < 4.78 is 65.4. The molecule has 0 unspecified atom stereocenters. The Labute approximate surface area is 99.5 Å². The van der Waals surface area contributed by atoms with E-state index in [-0.39, 0.29) is 6.54 Å². The van der Waals surface area contributed by atoms with Crippen LogP contribution in [0, 0.1) is 29.1 Å². The highest BCUT2D eigenvalue weighted by Gasteiger charge is 2.28. The predicted molar refractivity (Wildman–Crippen MR) is 55.3 cm³/mol. The summed E-state index contributed by atoms with van der Waals surface area (Å²) in [7, 11) is 0. The molecule has 18 heavy (non-hydrogen) atoms. The number of nitrogens with two attached hydrogens (primary N) is 1. The predicted octanol–water partition coefficient (Wildman–Crippen LogP) is 2.00. The van der Waals surface area contributed by atoms with Crippen molar-refractivity contribution >= 4 is 5.84 Å². The van der Waals surface area contributed by atoms with Gasteiger partial charge in [0.2, 0.25) is 5.82 Å². The first-order chi connectivity index (χ1) is 8.45. The van der Waals surface area contributed by atoms with Crippen molar-refractivity contribution in [2.45, 2.75) is 13.3 Å². The Morgan fingerprint density at radius 1 is 1.00 bits per heavy atom. The Bertz CT molecular complexity index is 458. The second kappa shape index (κ2) is 5.76. The molecule has 0 spiro atoms. The monoisotopic (exact) mass is 267 g/mol. The molecule has 0 amide bonds. The van der Waals surface area contributed by atoms with Crippen molar-refractivity contribution in [2.75, 3.05) is 6.54 Å². The second-order valence-electron chi connectivity index (χ2n) is 3.32. The molecule has 0 heterocycles. The summed E-state index contributed by atoms with van der Waals surface area (Å²) in [6.45, 7) is 1.84. The fourth-order valence-corrected chi connectivity index (χ4v) is 1.23. The molecule has 1 aromatic carbocycles. The summed E-state index contributed by atoms with van der Waals surface area (Å²) in [5.74, 6) is -5.87. The first kappa shape index (κ1) is 14.4. The van der Waals surface area contributed by atoms with Gasteiger partial charge in [-0.3, -0.25) is 4.99 Å². The molecule has 8 heteroatoms. The standard InChI is InChI=1S/C10H10F5N3/c1-2-3-17-10(18-16)4-5(11)7(13)9(15)8(14)6(4)12/h2-3,16H2,1H3,(H,17,18). The number of hydrazine groups is 1. The van der Waals surface area contributed by atoms with Crippen molar-refractivity contribution in [1.82, 2.24) is 5.43 Å². The van der Waals surface area contributed by atoms with E-state index >= 15 is 0 Å². The minimum Gasteiger partial charge on any atom is -0.308 e. The highest BCUT2D eigenvalue weighted by atomic mass is 19.2. The first-order valence-corrected chi connectivity index (χ1v) is 4.98. The molecular weight excluding hydrogens is 257 g/mol. The number of nitrogens with zero attached hydrogens (tertiary/aromatic N) is 1. The highest BCUT2D eigenvalue weighted by Crippen LogP contribution is 2.23. The van der Waals surface area contributed by atoms with Gasteiger partial charge < -0.3 is 5.43 Å². The van der Waals surface area contributed by atoms with Gasteiger partial charge in [-0.05, 0) is 6.42 Å². The third kappa shape index (κ3) is 2.42. The molecule has 0 bridgehead atoms. The number of nitrogens with one attached hydrogen (secondary N) is 1. The molecule has 0 aliphatic carbocycles. The summed E-state index contributed by atoms with van der Waals surface area (Å²) in [5, 5.41) is 0. The van der Waals surface area contributed by atoms with Crippen LogP contribution in [0.25, 0.3) is 0 Å². The Kier molecular flexibility index (Phi) is 4.60. The van der Waals surface area contributed by atoms with Gasteiger partial charge >= 0.3 is 0 Å². The third-order valence-corrected chi connectivity index (χ3v) is 2.08. The summed E-state index contributed by atoms with van der Waals surface area (Å²) in [6.07, 6.45) is 0.514. The van der Waals surface area contributed by atoms with E-state index in [1.807, 2.05) is 5.43 Å². The lowest BCUT2D eigenvalue weighted by Crippen LogP contribution is -2.33. The van der Waals surface area contributed by atoms with Gasteiger partial charge in [0, 0.05) is 6.54 Å². The van der Waals surface area contributed by atoms with Crippen LogP contribution in [-0.4, -0.2) is 12.4 Å². The molecule has 0 aliphatic heterocycles. The third-order valence-electron chi connectivity index (χ3n) is 2.08. The summed E-state index contributed by atoms with van der Waals surface area (Å²) >= 11 is 0. The second-order valence-corrected chi connectivity index (χ2v) is 3.32. The van der Waals surface area contributed by atoms with Crippen LogP contribution in [0.3, 0.4) is 0 Å². The number of hydrogen-bond donors (Lipinski definition) is 2. The van der Waals surface area contributed by atoms with Crippen LogP contribution in [0.15, 0.2) is 4.99 Å². The van der Waals surface area contributed by atoms with Crippen LogP contribution in [0.4, 0.5) is 22.0 Å². The number of amidine groups is 1. The van der Waals surface area contributed by atoms with E-state index in [1.165, 1.54) is 0 Å². The maximum absolute atomic E-state index is 13.4. The SMILES string of the molecule is CCCN=C(NN)c1c(F)c(F)c(F)c(F)c1F. The van der Waals surface area contributed by atoms with E-state index in [1.54, 1.807) is 6.92 Å². The lowest BCUT2D eigenvalue weighted by molar-refractivity contribution is 0.376. The summed E-state index contributed by atoms with van der Waals surface area (Å²) in [6, 6.07) is 0. The molecular formula is C10H10F5N3. The zero-order valence-electron chi connectivity index (χ0n) is 9.33. The first-order valence-electron chi connectivity index (χ1n) is 4.98. The molecule has 0 aliphatic rings. The van der Waals surface area contributed by atoms with Crippen molar-refractivity contribution in [3.8, 4) is 0 Å². The molecule has 3 N–H and O–H groups in total. The molecule has 1 rings (SSSR count). The normalized spacial score (nSPS) is 11.8. The van der Waals surface area contributed by atoms with E-state index in [0.29, 0.717) is 6.42 Å². The van der Waals surface area contributed by atoms with Gasteiger partial charge in [-0.15, -0.1) is 0 Å². The Balaban J connectivity index is 3.49. The molecule has 0 saturated carbocycles. The largest absolute Gasteiger partial charge is 0.308 e. The van der Waals surface area contributed by atoms with E-state index in [4.69, 9.17) is 5.84 Å². The van der Waals surface area contributed by atoms with Crippen LogP contribution in [0.2, 0.25) is 0 Å². The highest BCUT2D eigenvalue weighted by molar-refractivity contribution is 5.99. The van der Waals surface area contributed by atoms with Crippen LogP contribution in [0.5, 0.6) is 0 Å². The van der Waals surface area contributed by atoms with E-state index in [9.17, 15) is 22.0 Å². The van der Waals surface area contributed by atoms with Crippen molar-refractivity contribution in [1.29, 1.82) is 0 Å². The lowest BCUT2D eigenvalue weighted by atomic mass is 10.1. The van der Waals surface area contributed by atoms with E-state index in [2.05, 4.69) is 4.99 Å². The van der Waals surface area contributed by atoms with Crippen molar-refractivity contribution < 1.29 is 22.0 Å². The lowest BCUT2D eigenvalue weighted by Gasteiger charge is -2.10. The number of benzene rings is 1.